The van der Waals surface area contributed by atoms with Crippen LogP contribution in [-0.4, -0.2) is 30.7 Å². The van der Waals surface area contributed by atoms with Gasteiger partial charge in [0.1, 0.15) is 0 Å². The third-order valence-corrected chi connectivity index (χ3v) is 3.66. The molecule has 1 fully saturated rings. The zero-order valence-electron chi connectivity index (χ0n) is 10.00. The standard InChI is InChI=1S/C11H15N5O2/c1-5-2-6(3-7(5)17)16-4-13-8-9(16)14-11(12)15-10(8)18/h4-7,17H,2-3H2,1H3,(H3,12,14,15,18)/t5-,6+,7?/m0/s1. The molecular weight excluding hydrogens is 234 g/mol. The summed E-state index contributed by atoms with van der Waals surface area (Å²) in [5, 5.41) is 9.80. The van der Waals surface area contributed by atoms with Crippen molar-refractivity contribution in [3.05, 3.63) is 16.7 Å². The number of nitrogens with two attached hydrogens (primary N) is 1. The molecule has 1 unspecified atom stereocenters. The molecule has 3 atom stereocenters. The van der Waals surface area contributed by atoms with E-state index in [1.807, 2.05) is 11.5 Å². The number of H-pyrrole nitrogens is 1. The Bertz CT molecular complexity index is 636. The van der Waals surface area contributed by atoms with E-state index in [0.29, 0.717) is 17.6 Å². The molecule has 3 rings (SSSR count). The Labute approximate surface area is 103 Å². The van der Waals surface area contributed by atoms with E-state index in [1.165, 1.54) is 0 Å². The van der Waals surface area contributed by atoms with E-state index >= 15 is 0 Å². The number of aliphatic hydroxyl groups is 1. The molecule has 1 aliphatic rings. The topological polar surface area (TPSA) is 110 Å². The Hall–Kier alpha value is -1.89. The van der Waals surface area contributed by atoms with Gasteiger partial charge in [-0.05, 0) is 18.8 Å². The number of hydrogen-bond donors (Lipinski definition) is 3. The van der Waals surface area contributed by atoms with E-state index in [2.05, 4.69) is 15.0 Å². The average Bonchev–Trinajstić information content (AvgIpc) is 2.83. The number of nitrogen functional groups attached to an aromatic ring is 1. The largest absolute Gasteiger partial charge is 0.393 e. The number of anilines is 1. The molecule has 2 aromatic heterocycles. The molecule has 7 nitrogen and oxygen atoms in total. The first-order valence-electron chi connectivity index (χ1n) is 5.96. The minimum absolute atomic E-state index is 0.0841. The molecule has 0 saturated heterocycles. The molecule has 2 heterocycles. The van der Waals surface area contributed by atoms with Gasteiger partial charge < -0.3 is 15.4 Å². The third-order valence-electron chi connectivity index (χ3n) is 3.66. The molecule has 18 heavy (non-hydrogen) atoms. The van der Waals surface area contributed by atoms with Crippen LogP contribution in [-0.2, 0) is 0 Å². The molecule has 0 spiro atoms. The van der Waals surface area contributed by atoms with Crippen molar-refractivity contribution in [2.45, 2.75) is 31.9 Å². The molecule has 0 amide bonds. The second kappa shape index (κ2) is 3.81. The van der Waals surface area contributed by atoms with E-state index in [9.17, 15) is 9.90 Å². The fraction of sp³-hybridized carbons (Fsp3) is 0.545. The van der Waals surface area contributed by atoms with Crippen LogP contribution >= 0.6 is 0 Å². The van der Waals surface area contributed by atoms with Crippen LogP contribution in [0, 0.1) is 5.92 Å². The number of aromatic amines is 1. The van der Waals surface area contributed by atoms with Gasteiger partial charge >= 0.3 is 0 Å². The first kappa shape index (κ1) is 11.2. The number of rotatable bonds is 1. The fourth-order valence-electron chi connectivity index (χ4n) is 2.63. The average molecular weight is 249 g/mol. The van der Waals surface area contributed by atoms with Crippen LogP contribution in [0.3, 0.4) is 0 Å². The van der Waals surface area contributed by atoms with Crippen molar-refractivity contribution < 1.29 is 5.11 Å². The van der Waals surface area contributed by atoms with Crippen molar-refractivity contribution in [3.8, 4) is 0 Å². The monoisotopic (exact) mass is 249 g/mol. The number of aromatic nitrogens is 4. The number of hydrogen-bond acceptors (Lipinski definition) is 5. The van der Waals surface area contributed by atoms with E-state index < -0.39 is 0 Å². The highest BCUT2D eigenvalue weighted by Gasteiger charge is 2.32. The number of aliphatic hydroxyl groups excluding tert-OH is 1. The maximum absolute atomic E-state index is 11.7. The fourth-order valence-corrected chi connectivity index (χ4v) is 2.63. The lowest BCUT2D eigenvalue weighted by molar-refractivity contribution is 0.139. The van der Waals surface area contributed by atoms with Crippen molar-refractivity contribution in [2.75, 3.05) is 5.73 Å². The van der Waals surface area contributed by atoms with E-state index in [4.69, 9.17) is 5.73 Å². The summed E-state index contributed by atoms with van der Waals surface area (Å²) < 4.78 is 1.84. The Balaban J connectivity index is 2.11. The van der Waals surface area contributed by atoms with Crippen LogP contribution in [0.1, 0.15) is 25.8 Å². The molecule has 0 aliphatic heterocycles. The Morgan fingerprint density at radius 2 is 2.33 bits per heavy atom. The minimum atomic E-state index is -0.331. The summed E-state index contributed by atoms with van der Waals surface area (Å²) in [6.45, 7) is 2.01. The molecule has 1 aliphatic carbocycles. The lowest BCUT2D eigenvalue weighted by Gasteiger charge is -2.11. The summed E-state index contributed by atoms with van der Waals surface area (Å²) >= 11 is 0. The van der Waals surface area contributed by atoms with Crippen molar-refractivity contribution in [3.63, 3.8) is 0 Å². The Kier molecular flexibility index (Phi) is 2.37. The second-order valence-electron chi connectivity index (χ2n) is 4.95. The van der Waals surface area contributed by atoms with E-state index in [0.717, 1.165) is 6.42 Å². The molecule has 96 valence electrons. The van der Waals surface area contributed by atoms with Crippen LogP contribution in [0.2, 0.25) is 0 Å². The number of nitrogens with one attached hydrogen (secondary N) is 1. The normalized spacial score (nSPS) is 28.0. The van der Waals surface area contributed by atoms with Gasteiger partial charge in [-0.2, -0.15) is 4.98 Å². The number of fused-ring (bicyclic) bond motifs is 1. The van der Waals surface area contributed by atoms with Gasteiger partial charge in [0.15, 0.2) is 11.2 Å². The van der Waals surface area contributed by atoms with Gasteiger partial charge in [-0.3, -0.25) is 9.78 Å². The van der Waals surface area contributed by atoms with Gasteiger partial charge in [-0.15, -0.1) is 0 Å². The molecular formula is C11H15N5O2. The Morgan fingerprint density at radius 3 is 3.00 bits per heavy atom. The summed E-state index contributed by atoms with van der Waals surface area (Å²) in [5.74, 6) is 0.327. The SMILES string of the molecule is C[C@H]1C[C@@H](n2cnc3c(=O)[nH]c(N)nc32)CC1O. The summed E-state index contributed by atoms with van der Waals surface area (Å²) in [6, 6.07) is 0.119. The van der Waals surface area contributed by atoms with Crippen molar-refractivity contribution in [1.82, 2.24) is 19.5 Å². The van der Waals surface area contributed by atoms with Gasteiger partial charge in [0, 0.05) is 6.04 Å². The highest BCUT2D eigenvalue weighted by molar-refractivity contribution is 5.70. The summed E-state index contributed by atoms with van der Waals surface area (Å²) in [6.07, 6.45) is 2.79. The van der Waals surface area contributed by atoms with Gasteiger partial charge in [0.2, 0.25) is 5.95 Å². The van der Waals surface area contributed by atoms with E-state index in [-0.39, 0.29) is 29.6 Å². The molecule has 0 bridgehead atoms. The highest BCUT2D eigenvalue weighted by Crippen LogP contribution is 2.35. The maximum Gasteiger partial charge on any atom is 0.280 e. The Morgan fingerprint density at radius 1 is 1.56 bits per heavy atom. The molecule has 0 aromatic carbocycles. The highest BCUT2D eigenvalue weighted by atomic mass is 16.3. The lowest BCUT2D eigenvalue weighted by atomic mass is 10.1. The zero-order chi connectivity index (χ0) is 12.9. The predicted octanol–water partition coefficient (Wildman–Crippen LogP) is 0.0337. The van der Waals surface area contributed by atoms with Gasteiger partial charge in [0.05, 0.1) is 12.4 Å². The molecule has 7 heteroatoms. The molecule has 0 radical (unpaired) electrons. The first-order chi connectivity index (χ1) is 8.56. The van der Waals surface area contributed by atoms with Crippen LogP contribution < -0.4 is 11.3 Å². The van der Waals surface area contributed by atoms with Crippen molar-refractivity contribution >= 4 is 17.1 Å². The summed E-state index contributed by atoms with van der Waals surface area (Å²) in [4.78, 5) is 22.3. The van der Waals surface area contributed by atoms with Crippen LogP contribution in [0.15, 0.2) is 11.1 Å². The van der Waals surface area contributed by atoms with E-state index in [1.54, 1.807) is 6.33 Å². The van der Waals surface area contributed by atoms with Crippen LogP contribution in [0.4, 0.5) is 5.95 Å². The van der Waals surface area contributed by atoms with Crippen LogP contribution in [0.5, 0.6) is 0 Å². The first-order valence-corrected chi connectivity index (χ1v) is 5.96. The minimum Gasteiger partial charge on any atom is -0.393 e. The molecule has 4 N–H and O–H groups in total. The zero-order valence-corrected chi connectivity index (χ0v) is 10.00. The summed E-state index contributed by atoms with van der Waals surface area (Å²) in [5.41, 5.74) is 6.00. The van der Waals surface area contributed by atoms with Crippen LogP contribution in [0.25, 0.3) is 11.2 Å². The smallest absolute Gasteiger partial charge is 0.280 e. The molecule has 1 saturated carbocycles. The van der Waals surface area contributed by atoms with Crippen molar-refractivity contribution in [1.29, 1.82) is 0 Å². The van der Waals surface area contributed by atoms with Gasteiger partial charge in [-0.25, -0.2) is 4.98 Å². The quantitative estimate of drug-likeness (QED) is 0.660. The van der Waals surface area contributed by atoms with Gasteiger partial charge in [0.25, 0.3) is 5.56 Å². The predicted molar refractivity (Wildman–Crippen MR) is 66.0 cm³/mol. The number of imidazole rings is 1. The maximum atomic E-state index is 11.7. The lowest BCUT2D eigenvalue weighted by Crippen LogP contribution is -2.13. The van der Waals surface area contributed by atoms with Gasteiger partial charge in [-0.1, -0.05) is 6.92 Å². The summed E-state index contributed by atoms with van der Waals surface area (Å²) in [7, 11) is 0. The van der Waals surface area contributed by atoms with Crippen molar-refractivity contribution in [2.24, 2.45) is 5.92 Å². The third kappa shape index (κ3) is 1.59. The number of nitrogens with zero attached hydrogens (tertiary/aromatic N) is 3. The molecule has 2 aromatic rings. The second-order valence-corrected chi connectivity index (χ2v) is 4.95.